The van der Waals surface area contributed by atoms with Crippen LogP contribution < -0.4 is 10.2 Å². The Morgan fingerprint density at radius 2 is 1.91 bits per heavy atom. The number of imide groups is 1. The van der Waals surface area contributed by atoms with Gasteiger partial charge < -0.3 is 14.6 Å². The second-order valence-electron chi connectivity index (χ2n) is 5.77. The van der Waals surface area contributed by atoms with Crippen molar-refractivity contribution in [3.8, 4) is 0 Å². The lowest BCUT2D eigenvalue weighted by Crippen LogP contribution is -2.30. The maximum atomic E-state index is 12.1. The molecule has 3 amide bonds. The Balaban J connectivity index is 1.74. The Bertz CT molecular complexity index is 639. The molecular weight excluding hydrogens is 294 g/mol. The summed E-state index contributed by atoms with van der Waals surface area (Å²) in [7, 11) is 0. The summed E-state index contributed by atoms with van der Waals surface area (Å²) in [5, 5.41) is 2.56. The number of carbonyl (C=O) groups excluding carboxylic acids is 2. The number of anilines is 1. The monoisotopic (exact) mass is 315 g/mol. The molecule has 2 aliphatic heterocycles. The van der Waals surface area contributed by atoms with Gasteiger partial charge in [-0.15, -0.1) is 6.58 Å². The minimum Gasteiger partial charge on any atom is -0.441 e. The zero-order chi connectivity index (χ0) is 16.2. The molecule has 6 heteroatoms. The predicted octanol–water partition coefficient (Wildman–Crippen LogP) is 2.74. The van der Waals surface area contributed by atoms with Gasteiger partial charge in [-0.25, -0.2) is 4.79 Å². The molecule has 6 nitrogen and oxygen atoms in total. The van der Waals surface area contributed by atoms with Crippen LogP contribution in [-0.2, 0) is 4.79 Å². The Hall–Kier alpha value is -2.50. The van der Waals surface area contributed by atoms with Crippen molar-refractivity contribution in [1.82, 2.24) is 10.2 Å². The third-order valence-corrected chi connectivity index (χ3v) is 4.09. The summed E-state index contributed by atoms with van der Waals surface area (Å²) in [6.45, 7) is 5.73. The zero-order valence-electron chi connectivity index (χ0n) is 13.1. The number of amides is 3. The number of carbonyl (C=O) groups is 2. The summed E-state index contributed by atoms with van der Waals surface area (Å²) in [6, 6.07) is 3.31. The number of hydrogen-bond donors (Lipinski definition) is 1. The number of nitrogens with zero attached hydrogens (tertiary/aromatic N) is 2. The van der Waals surface area contributed by atoms with E-state index in [-0.39, 0.29) is 18.1 Å². The molecule has 0 radical (unpaired) electrons. The summed E-state index contributed by atoms with van der Waals surface area (Å²) in [6.07, 6.45) is 7.95. The molecule has 0 bridgehead atoms. The molecule has 0 aromatic carbocycles. The van der Waals surface area contributed by atoms with Gasteiger partial charge in [0.25, 0.3) is 5.91 Å². The summed E-state index contributed by atoms with van der Waals surface area (Å²) >= 11 is 0. The SMILES string of the molecule is C=CCN1C(=O)N/C(=C/c2ccc(N3CCCCCC3)o2)C1=O. The van der Waals surface area contributed by atoms with Gasteiger partial charge in [0, 0.05) is 31.8 Å². The molecule has 1 aromatic heterocycles. The summed E-state index contributed by atoms with van der Waals surface area (Å²) < 4.78 is 5.83. The van der Waals surface area contributed by atoms with E-state index in [1.807, 2.05) is 12.1 Å². The lowest BCUT2D eigenvalue weighted by Gasteiger charge is -2.18. The third-order valence-electron chi connectivity index (χ3n) is 4.09. The Morgan fingerprint density at radius 3 is 2.61 bits per heavy atom. The molecule has 0 atom stereocenters. The molecule has 3 rings (SSSR count). The second kappa shape index (κ2) is 6.73. The fourth-order valence-corrected chi connectivity index (χ4v) is 2.89. The van der Waals surface area contributed by atoms with Crippen molar-refractivity contribution in [3.63, 3.8) is 0 Å². The Labute approximate surface area is 135 Å². The van der Waals surface area contributed by atoms with Gasteiger partial charge in [-0.3, -0.25) is 9.69 Å². The van der Waals surface area contributed by atoms with Crippen LogP contribution in [-0.4, -0.2) is 36.5 Å². The van der Waals surface area contributed by atoms with Crippen molar-refractivity contribution >= 4 is 23.9 Å². The molecule has 0 saturated carbocycles. The fraction of sp³-hybridized carbons (Fsp3) is 0.412. The van der Waals surface area contributed by atoms with Crippen molar-refractivity contribution in [3.05, 3.63) is 36.2 Å². The first-order valence-corrected chi connectivity index (χ1v) is 7.99. The molecule has 1 N–H and O–H groups in total. The van der Waals surface area contributed by atoms with Crippen molar-refractivity contribution < 1.29 is 14.0 Å². The van der Waals surface area contributed by atoms with Crippen LogP contribution >= 0.6 is 0 Å². The van der Waals surface area contributed by atoms with Crippen molar-refractivity contribution in [1.29, 1.82) is 0 Å². The van der Waals surface area contributed by atoms with Gasteiger partial charge in [-0.2, -0.15) is 0 Å². The average Bonchev–Trinajstić information content (AvgIpc) is 2.97. The van der Waals surface area contributed by atoms with Crippen LogP contribution in [0.1, 0.15) is 31.4 Å². The van der Waals surface area contributed by atoms with Gasteiger partial charge in [-0.1, -0.05) is 18.9 Å². The van der Waals surface area contributed by atoms with Gasteiger partial charge in [0.2, 0.25) is 0 Å². The van der Waals surface area contributed by atoms with Gasteiger partial charge in [-0.05, 0) is 18.9 Å². The molecule has 23 heavy (non-hydrogen) atoms. The standard InChI is InChI=1S/C17H21N3O3/c1-2-9-20-16(21)14(18-17(20)22)12-13-7-8-15(23-13)19-10-5-3-4-6-11-19/h2,7-8,12H,1,3-6,9-11H2,(H,18,22)/b14-12+. The number of nitrogens with one attached hydrogen (secondary N) is 1. The van der Waals surface area contributed by atoms with E-state index >= 15 is 0 Å². The van der Waals surface area contributed by atoms with Crippen LogP contribution in [0.3, 0.4) is 0 Å². The number of furan rings is 1. The Morgan fingerprint density at radius 1 is 1.17 bits per heavy atom. The molecule has 0 unspecified atom stereocenters. The molecule has 0 spiro atoms. The van der Waals surface area contributed by atoms with Crippen molar-refractivity contribution in [2.75, 3.05) is 24.5 Å². The normalized spacial score (nSPS) is 20.8. The van der Waals surface area contributed by atoms with Crippen LogP contribution in [0, 0.1) is 0 Å². The molecule has 3 heterocycles. The van der Waals surface area contributed by atoms with Gasteiger partial charge in [0.1, 0.15) is 11.5 Å². The largest absolute Gasteiger partial charge is 0.441 e. The van der Waals surface area contributed by atoms with E-state index in [0.717, 1.165) is 23.9 Å². The van der Waals surface area contributed by atoms with Crippen molar-refractivity contribution in [2.45, 2.75) is 25.7 Å². The lowest BCUT2D eigenvalue weighted by molar-refractivity contribution is -0.122. The molecular formula is C17H21N3O3. The average molecular weight is 315 g/mol. The highest BCUT2D eigenvalue weighted by Gasteiger charge is 2.32. The van der Waals surface area contributed by atoms with Gasteiger partial charge in [0.15, 0.2) is 5.88 Å². The first-order chi connectivity index (χ1) is 11.2. The van der Waals surface area contributed by atoms with E-state index in [9.17, 15) is 9.59 Å². The first-order valence-electron chi connectivity index (χ1n) is 7.99. The van der Waals surface area contributed by atoms with E-state index < -0.39 is 6.03 Å². The number of rotatable bonds is 4. The highest BCUT2D eigenvalue weighted by molar-refractivity contribution is 6.13. The van der Waals surface area contributed by atoms with Gasteiger partial charge in [0.05, 0.1) is 0 Å². The fourth-order valence-electron chi connectivity index (χ4n) is 2.89. The summed E-state index contributed by atoms with van der Waals surface area (Å²) in [5.74, 6) is 1.02. The van der Waals surface area contributed by atoms with Crippen LogP contribution in [0.2, 0.25) is 0 Å². The van der Waals surface area contributed by atoms with E-state index in [2.05, 4.69) is 16.8 Å². The smallest absolute Gasteiger partial charge is 0.329 e. The van der Waals surface area contributed by atoms with Crippen LogP contribution in [0.5, 0.6) is 0 Å². The lowest BCUT2D eigenvalue weighted by atomic mass is 10.2. The molecule has 122 valence electrons. The predicted molar refractivity (Wildman–Crippen MR) is 87.8 cm³/mol. The van der Waals surface area contributed by atoms with E-state index in [1.54, 1.807) is 6.08 Å². The molecule has 0 aliphatic carbocycles. The van der Waals surface area contributed by atoms with Crippen LogP contribution in [0.15, 0.2) is 34.9 Å². The molecule has 2 fully saturated rings. The van der Waals surface area contributed by atoms with Crippen LogP contribution in [0.25, 0.3) is 6.08 Å². The van der Waals surface area contributed by atoms with Crippen LogP contribution in [0.4, 0.5) is 10.7 Å². The molecule has 2 saturated heterocycles. The first kappa shape index (κ1) is 15.4. The summed E-state index contributed by atoms with van der Waals surface area (Å²) in [4.78, 5) is 27.2. The highest BCUT2D eigenvalue weighted by Crippen LogP contribution is 2.24. The minimum atomic E-state index is -0.430. The topological polar surface area (TPSA) is 65.8 Å². The zero-order valence-corrected chi connectivity index (χ0v) is 13.1. The maximum absolute atomic E-state index is 12.1. The number of urea groups is 1. The van der Waals surface area contributed by atoms with Crippen molar-refractivity contribution in [2.24, 2.45) is 0 Å². The van der Waals surface area contributed by atoms with E-state index in [0.29, 0.717) is 5.76 Å². The summed E-state index contributed by atoms with van der Waals surface area (Å²) in [5.41, 5.74) is 0.230. The van der Waals surface area contributed by atoms with E-state index in [1.165, 1.54) is 31.8 Å². The molecule has 1 aromatic rings. The quantitative estimate of drug-likeness (QED) is 0.527. The maximum Gasteiger partial charge on any atom is 0.329 e. The van der Waals surface area contributed by atoms with Gasteiger partial charge >= 0.3 is 6.03 Å². The Kier molecular flexibility index (Phi) is 4.50. The van der Waals surface area contributed by atoms with E-state index in [4.69, 9.17) is 4.42 Å². The number of hydrogen-bond acceptors (Lipinski definition) is 4. The third kappa shape index (κ3) is 3.31. The second-order valence-corrected chi connectivity index (χ2v) is 5.77. The minimum absolute atomic E-state index is 0.194. The highest BCUT2D eigenvalue weighted by atomic mass is 16.4. The molecule has 2 aliphatic rings.